The molecule has 4 rings (SSSR count). The van der Waals surface area contributed by atoms with Gasteiger partial charge in [0.25, 0.3) is 11.6 Å². The Kier molecular flexibility index (Phi) is 9.16. The highest BCUT2D eigenvalue weighted by molar-refractivity contribution is 7.80. The number of thiocarbonyl (C=S) groups is 1. The van der Waals surface area contributed by atoms with Crippen molar-refractivity contribution < 1.29 is 14.5 Å². The van der Waals surface area contributed by atoms with Crippen LogP contribution in [0.4, 0.5) is 17.1 Å². The molecule has 9 nitrogen and oxygen atoms in total. The van der Waals surface area contributed by atoms with Crippen LogP contribution in [-0.2, 0) is 0 Å². The average Bonchev–Trinajstić information content (AvgIpc) is 2.93. The summed E-state index contributed by atoms with van der Waals surface area (Å²) < 4.78 is 5.66. The molecule has 0 aromatic heterocycles. The summed E-state index contributed by atoms with van der Waals surface area (Å²) in [6, 6.07) is 12.5. The van der Waals surface area contributed by atoms with Gasteiger partial charge in [-0.3, -0.25) is 20.2 Å². The first kappa shape index (κ1) is 26.7. The number of amides is 1. The van der Waals surface area contributed by atoms with Crippen LogP contribution < -0.4 is 19.9 Å². The molecule has 2 saturated heterocycles. The number of benzene rings is 2. The number of nitrogens with zero attached hydrogens (tertiary/aromatic N) is 4. The van der Waals surface area contributed by atoms with Crippen molar-refractivity contribution in [3.8, 4) is 5.75 Å². The van der Waals surface area contributed by atoms with Gasteiger partial charge in [-0.25, -0.2) is 0 Å². The van der Waals surface area contributed by atoms with Crippen LogP contribution in [0.25, 0.3) is 0 Å². The average molecular weight is 526 g/mol. The minimum atomic E-state index is -0.292. The van der Waals surface area contributed by atoms with Crippen molar-refractivity contribution in [1.82, 2.24) is 10.2 Å². The molecule has 0 spiro atoms. The van der Waals surface area contributed by atoms with E-state index in [0.717, 1.165) is 50.2 Å². The molecule has 0 saturated carbocycles. The summed E-state index contributed by atoms with van der Waals surface area (Å²) in [7, 11) is 0. The molecule has 0 bridgehead atoms. The van der Waals surface area contributed by atoms with Gasteiger partial charge in [-0.15, -0.1) is 0 Å². The van der Waals surface area contributed by atoms with E-state index in [1.165, 1.54) is 6.42 Å². The number of ether oxygens (including phenoxy) is 1. The fraction of sp³-hybridized carbons (Fsp3) is 0.481. The third kappa shape index (κ3) is 6.88. The van der Waals surface area contributed by atoms with E-state index in [1.807, 2.05) is 17.0 Å². The number of hydrogen-bond acceptors (Lipinski definition) is 7. The monoisotopic (exact) mass is 525 g/mol. The lowest BCUT2D eigenvalue weighted by Gasteiger charge is -2.37. The lowest BCUT2D eigenvalue weighted by Crippen LogP contribution is -2.52. The number of rotatable bonds is 8. The summed E-state index contributed by atoms with van der Waals surface area (Å²) in [5.41, 5.74) is 2.37. The minimum Gasteiger partial charge on any atom is -0.494 e. The van der Waals surface area contributed by atoms with E-state index in [1.54, 1.807) is 30.3 Å². The van der Waals surface area contributed by atoms with E-state index < -0.39 is 0 Å². The molecule has 2 aliphatic rings. The summed E-state index contributed by atoms with van der Waals surface area (Å²) in [5, 5.41) is 14.9. The fourth-order valence-electron chi connectivity index (χ4n) is 4.70. The van der Waals surface area contributed by atoms with Crippen molar-refractivity contribution in [3.63, 3.8) is 0 Å². The number of nitrogens with one attached hydrogen (secondary N) is 1. The number of carbonyl (C=O) groups is 1. The Balaban J connectivity index is 1.32. The maximum absolute atomic E-state index is 12.7. The first-order chi connectivity index (χ1) is 18.0. The first-order valence-electron chi connectivity index (χ1n) is 13.1. The van der Waals surface area contributed by atoms with Gasteiger partial charge in [0.2, 0.25) is 0 Å². The van der Waals surface area contributed by atoms with Crippen LogP contribution in [0.2, 0.25) is 0 Å². The normalized spacial score (nSPS) is 15.9. The van der Waals surface area contributed by atoms with Gasteiger partial charge < -0.3 is 19.4 Å². The van der Waals surface area contributed by atoms with E-state index in [-0.39, 0.29) is 16.5 Å². The smallest absolute Gasteiger partial charge is 0.292 e. The summed E-state index contributed by atoms with van der Waals surface area (Å²) in [4.78, 5) is 30.4. The second-order valence-electron chi connectivity index (χ2n) is 9.44. The molecule has 198 valence electrons. The first-order valence-corrected chi connectivity index (χ1v) is 13.5. The van der Waals surface area contributed by atoms with E-state index in [4.69, 9.17) is 17.0 Å². The Bertz CT molecular complexity index is 1100. The van der Waals surface area contributed by atoms with E-state index >= 15 is 0 Å². The number of unbranched alkanes of at least 4 members (excludes halogenated alkanes) is 1. The lowest BCUT2D eigenvalue weighted by atomic mass is 10.1. The fourth-order valence-corrected chi connectivity index (χ4v) is 4.98. The third-order valence-electron chi connectivity index (χ3n) is 6.89. The lowest BCUT2D eigenvalue weighted by molar-refractivity contribution is -0.384. The highest BCUT2D eigenvalue weighted by atomic mass is 32.1. The Morgan fingerprint density at radius 3 is 2.35 bits per heavy atom. The number of nitro benzene ring substituents is 1. The van der Waals surface area contributed by atoms with Crippen LogP contribution in [0.3, 0.4) is 0 Å². The molecule has 0 unspecified atom stereocenters. The quantitative estimate of drug-likeness (QED) is 0.231. The standard InChI is InChI=1S/C27H35N5O4S/c1-2-3-19-36-23-10-7-21(8-11-23)26(33)28-27(37)31-17-15-29(16-18-31)22-9-12-24(32(34)35)25(20-22)30-13-5-4-6-14-30/h7-12,20H,2-6,13-19H2,1H3,(H,28,33,37). The van der Waals surface area contributed by atoms with Crippen molar-refractivity contribution in [2.45, 2.75) is 39.0 Å². The maximum Gasteiger partial charge on any atom is 0.292 e. The zero-order valence-electron chi connectivity index (χ0n) is 21.4. The molecule has 1 N–H and O–H groups in total. The predicted octanol–water partition coefficient (Wildman–Crippen LogP) is 4.60. The Hall–Kier alpha value is -3.40. The van der Waals surface area contributed by atoms with Gasteiger partial charge in [0, 0.05) is 56.6 Å². The van der Waals surface area contributed by atoms with Crippen molar-refractivity contribution >= 4 is 40.3 Å². The van der Waals surface area contributed by atoms with Gasteiger partial charge in [0.15, 0.2) is 5.11 Å². The number of hydrogen-bond donors (Lipinski definition) is 1. The molecular weight excluding hydrogens is 490 g/mol. The largest absolute Gasteiger partial charge is 0.494 e. The maximum atomic E-state index is 12.7. The van der Waals surface area contributed by atoms with Gasteiger partial charge in [-0.05, 0) is 74.3 Å². The van der Waals surface area contributed by atoms with Crippen molar-refractivity contribution in [2.75, 3.05) is 55.7 Å². The molecule has 0 radical (unpaired) electrons. The molecule has 2 fully saturated rings. The van der Waals surface area contributed by atoms with E-state index in [0.29, 0.717) is 49.1 Å². The van der Waals surface area contributed by atoms with Gasteiger partial charge in [-0.2, -0.15) is 0 Å². The second kappa shape index (κ2) is 12.7. The topological polar surface area (TPSA) is 91.2 Å². The Labute approximate surface area is 223 Å². The second-order valence-corrected chi connectivity index (χ2v) is 9.82. The molecule has 0 atom stereocenters. The van der Waals surface area contributed by atoms with Gasteiger partial charge >= 0.3 is 0 Å². The predicted molar refractivity (Wildman–Crippen MR) is 150 cm³/mol. The highest BCUT2D eigenvalue weighted by Crippen LogP contribution is 2.34. The SMILES string of the molecule is CCCCOc1ccc(C(=O)NC(=S)N2CCN(c3ccc([N+](=O)[O-])c(N4CCCCC4)c3)CC2)cc1. The van der Waals surface area contributed by atoms with Crippen LogP contribution >= 0.6 is 12.2 Å². The van der Waals surface area contributed by atoms with E-state index in [2.05, 4.69) is 22.0 Å². The molecule has 2 aromatic rings. The number of piperidine rings is 1. The van der Waals surface area contributed by atoms with Crippen molar-refractivity contribution in [1.29, 1.82) is 0 Å². The molecule has 37 heavy (non-hydrogen) atoms. The van der Waals surface area contributed by atoms with Crippen molar-refractivity contribution in [3.05, 3.63) is 58.1 Å². The van der Waals surface area contributed by atoms with Crippen LogP contribution in [0.15, 0.2) is 42.5 Å². The molecule has 2 aromatic carbocycles. The van der Waals surface area contributed by atoms with Crippen LogP contribution in [-0.4, -0.2) is 66.7 Å². The van der Waals surface area contributed by atoms with Crippen LogP contribution in [0.1, 0.15) is 49.4 Å². The summed E-state index contributed by atoms with van der Waals surface area (Å²) in [6.45, 7) is 7.19. The van der Waals surface area contributed by atoms with Gasteiger partial charge in [-0.1, -0.05) is 13.3 Å². The van der Waals surface area contributed by atoms with Crippen LogP contribution in [0, 0.1) is 10.1 Å². The molecule has 10 heteroatoms. The molecule has 0 aliphatic carbocycles. The molecule has 2 heterocycles. The Morgan fingerprint density at radius 2 is 1.70 bits per heavy atom. The van der Waals surface area contributed by atoms with Crippen LogP contribution in [0.5, 0.6) is 5.75 Å². The number of anilines is 2. The number of carbonyl (C=O) groups excluding carboxylic acids is 1. The molecular formula is C27H35N5O4S. The number of piperazine rings is 1. The summed E-state index contributed by atoms with van der Waals surface area (Å²) in [6.07, 6.45) is 5.34. The summed E-state index contributed by atoms with van der Waals surface area (Å²) >= 11 is 5.52. The summed E-state index contributed by atoms with van der Waals surface area (Å²) in [5.74, 6) is 0.507. The zero-order chi connectivity index (χ0) is 26.2. The Morgan fingerprint density at radius 1 is 1.00 bits per heavy atom. The van der Waals surface area contributed by atoms with Gasteiger partial charge in [0.05, 0.1) is 11.5 Å². The minimum absolute atomic E-state index is 0.161. The highest BCUT2D eigenvalue weighted by Gasteiger charge is 2.25. The number of nitro groups is 1. The zero-order valence-corrected chi connectivity index (χ0v) is 22.2. The molecule has 2 aliphatic heterocycles. The van der Waals surface area contributed by atoms with Crippen molar-refractivity contribution in [2.24, 2.45) is 0 Å². The third-order valence-corrected chi connectivity index (χ3v) is 7.25. The van der Waals surface area contributed by atoms with Gasteiger partial charge in [0.1, 0.15) is 11.4 Å². The molecule has 1 amide bonds. The van der Waals surface area contributed by atoms with E-state index in [9.17, 15) is 14.9 Å².